The van der Waals surface area contributed by atoms with Gasteiger partial charge in [-0.25, -0.2) is 14.2 Å². The van der Waals surface area contributed by atoms with E-state index < -0.39 is 85.5 Å². The van der Waals surface area contributed by atoms with E-state index >= 15 is 0 Å². The van der Waals surface area contributed by atoms with Crippen LogP contribution < -0.4 is 22.5 Å². The minimum absolute atomic E-state index is 0.00302. The zero-order valence-electron chi connectivity index (χ0n) is 22.0. The molecule has 4 aliphatic rings. The maximum absolute atomic E-state index is 13.7. The molecular weight excluding hydrogens is 571 g/mol. The Morgan fingerprint density at radius 2 is 1.73 bits per heavy atom. The number of nitrogens with zero attached hydrogens (tertiary/aromatic N) is 2. The molecule has 4 aliphatic heterocycles. The molecule has 17 nitrogen and oxygen atoms in total. The van der Waals surface area contributed by atoms with Crippen LogP contribution >= 0.6 is 7.82 Å². The molecule has 2 bridgehead atoms. The highest BCUT2D eigenvalue weighted by Crippen LogP contribution is 2.60. The highest BCUT2D eigenvalue weighted by molar-refractivity contribution is 7.48. The predicted molar refractivity (Wildman–Crippen MR) is 134 cm³/mol. The molecule has 6 rings (SSSR count). The van der Waals surface area contributed by atoms with Gasteiger partial charge in [0, 0.05) is 36.4 Å². The summed E-state index contributed by atoms with van der Waals surface area (Å²) in [6.45, 7) is 2.16. The quantitative estimate of drug-likeness (QED) is 0.272. The van der Waals surface area contributed by atoms with Crippen molar-refractivity contribution in [2.45, 2.75) is 75.3 Å². The second-order valence-electron chi connectivity index (χ2n) is 10.6. The van der Waals surface area contributed by atoms with Crippen molar-refractivity contribution in [1.82, 2.24) is 19.1 Å². The van der Waals surface area contributed by atoms with Crippen LogP contribution in [0.25, 0.3) is 0 Å². The lowest BCUT2D eigenvalue weighted by molar-refractivity contribution is -0.187. The number of rotatable bonds is 6. The van der Waals surface area contributed by atoms with Gasteiger partial charge in [-0.2, -0.15) is 0 Å². The number of aliphatic hydroxyl groups is 2. The van der Waals surface area contributed by atoms with E-state index in [4.69, 9.17) is 27.8 Å². The lowest BCUT2D eigenvalue weighted by Gasteiger charge is -2.35. The molecule has 0 spiro atoms. The van der Waals surface area contributed by atoms with Crippen LogP contribution in [0.5, 0.6) is 0 Å². The minimum atomic E-state index is -4.37. The fourth-order valence-electron chi connectivity index (χ4n) is 5.60. The summed E-state index contributed by atoms with van der Waals surface area (Å²) < 4.78 is 50.6. The molecule has 0 aliphatic carbocycles. The molecule has 18 heteroatoms. The van der Waals surface area contributed by atoms with Crippen LogP contribution in [0.15, 0.2) is 31.6 Å². The van der Waals surface area contributed by atoms with Gasteiger partial charge in [0.1, 0.15) is 36.2 Å². The number of nitrogens with one attached hydrogen (secondary N) is 2. The Bertz CT molecular complexity index is 1630. The van der Waals surface area contributed by atoms with Gasteiger partial charge in [0.05, 0.1) is 25.9 Å². The van der Waals surface area contributed by atoms with Gasteiger partial charge >= 0.3 is 19.2 Å². The number of phosphoric acid groups is 1. The van der Waals surface area contributed by atoms with Gasteiger partial charge in [-0.1, -0.05) is 0 Å². The highest BCUT2D eigenvalue weighted by atomic mass is 31.2. The lowest BCUT2D eigenvalue weighted by atomic mass is 10.0. The highest BCUT2D eigenvalue weighted by Gasteiger charge is 2.65. The van der Waals surface area contributed by atoms with Crippen molar-refractivity contribution >= 4 is 7.82 Å². The number of aliphatic hydroxyl groups excluding tert-OH is 2. The summed E-state index contributed by atoms with van der Waals surface area (Å²) in [4.78, 5) is 52.8. The average molecular weight is 600 g/mol. The van der Waals surface area contributed by atoms with E-state index in [1.807, 2.05) is 0 Å². The van der Waals surface area contributed by atoms with Crippen LogP contribution in [-0.4, -0.2) is 85.3 Å². The molecule has 4 fully saturated rings. The van der Waals surface area contributed by atoms with Gasteiger partial charge < -0.3 is 24.4 Å². The molecule has 0 amide bonds. The summed E-state index contributed by atoms with van der Waals surface area (Å²) in [7, 11) is -4.37. The Hall–Kier alpha value is -2.73. The fourth-order valence-corrected chi connectivity index (χ4v) is 7.24. The molecule has 0 radical (unpaired) electrons. The largest absolute Gasteiger partial charge is 0.475 e. The summed E-state index contributed by atoms with van der Waals surface area (Å²) in [5.41, 5.74) is -3.61. The molecule has 41 heavy (non-hydrogen) atoms. The monoisotopic (exact) mass is 600 g/mol. The molecule has 0 aromatic carbocycles. The summed E-state index contributed by atoms with van der Waals surface area (Å²) in [5, 5.41) is 21.0. The molecule has 0 unspecified atom stereocenters. The summed E-state index contributed by atoms with van der Waals surface area (Å²) >= 11 is 0. The normalized spacial score (nSPS) is 38.5. The molecule has 224 valence electrons. The van der Waals surface area contributed by atoms with Gasteiger partial charge in [-0.15, -0.1) is 0 Å². The Labute approximate surface area is 230 Å². The molecule has 4 saturated heterocycles. The van der Waals surface area contributed by atoms with Crippen LogP contribution in [0.4, 0.5) is 0 Å². The standard InChI is InChI=1S/C23H29N4O13P/c1-10-6-26(21(32)24-18(10)30)14-5-12(29)15(37-14)13-3-4-36-41(34,39-13)40-17-16-20(38-23(17,8-28)9-35-16)27-7-11(2)19(31)25-22(27)33/h6-7,12-17,20,28-29H,3-5,8-9H2,1-2H3,(H,24,30,32)(H,25,31,33)/t12-,13-,14+,15+,16+,17-,20+,23-,41+/m0/s1. The molecule has 4 N–H and O–H groups in total. The van der Waals surface area contributed by atoms with E-state index in [1.165, 1.54) is 26.2 Å². The summed E-state index contributed by atoms with van der Waals surface area (Å²) in [6.07, 6.45) is -4.61. The van der Waals surface area contributed by atoms with E-state index in [2.05, 4.69) is 9.97 Å². The second-order valence-corrected chi connectivity index (χ2v) is 12.1. The second kappa shape index (κ2) is 10.2. The SMILES string of the molecule is Cc1cn([C@@H]2O[C@@]3(CO)CO[C@@H]2[C@@H]3O[P@]2(=O)OCC[C@@H]([C@@H]3O[C@@H](n4cc(C)c(=O)[nH]c4=O)C[C@@H]3O)O2)c(=O)[nH]c1=O. The Morgan fingerprint density at radius 1 is 1.07 bits per heavy atom. The van der Waals surface area contributed by atoms with Crippen LogP contribution in [0, 0.1) is 13.8 Å². The number of aromatic nitrogens is 4. The predicted octanol–water partition coefficient (Wildman–Crippen LogP) is -1.69. The molecule has 6 heterocycles. The average Bonchev–Trinajstić information content (AvgIpc) is 3.57. The van der Waals surface area contributed by atoms with Gasteiger partial charge in [-0.3, -0.25) is 42.3 Å². The van der Waals surface area contributed by atoms with Crippen LogP contribution in [0.1, 0.15) is 36.4 Å². The van der Waals surface area contributed by atoms with E-state index in [1.54, 1.807) is 0 Å². The number of hydrogen-bond donors (Lipinski definition) is 4. The zero-order chi connectivity index (χ0) is 29.3. The van der Waals surface area contributed by atoms with Gasteiger partial charge in [0.2, 0.25) is 0 Å². The Balaban J connectivity index is 1.21. The van der Waals surface area contributed by atoms with Gasteiger partial charge in [0.25, 0.3) is 11.1 Å². The first-order chi connectivity index (χ1) is 19.4. The van der Waals surface area contributed by atoms with Gasteiger partial charge in [-0.05, 0) is 13.8 Å². The first-order valence-electron chi connectivity index (χ1n) is 12.9. The number of aromatic amines is 2. The van der Waals surface area contributed by atoms with Crippen LogP contribution in [-0.2, 0) is 32.3 Å². The lowest BCUT2D eigenvalue weighted by Crippen LogP contribution is -2.46. The third-order valence-corrected chi connectivity index (χ3v) is 9.29. The van der Waals surface area contributed by atoms with Crippen molar-refractivity contribution in [3.63, 3.8) is 0 Å². The van der Waals surface area contributed by atoms with Crippen molar-refractivity contribution in [3.05, 3.63) is 65.2 Å². The molecule has 9 atom stereocenters. The molecule has 2 aromatic rings. The number of H-pyrrole nitrogens is 2. The molecule has 2 aromatic heterocycles. The third kappa shape index (κ3) is 4.80. The van der Waals surface area contributed by atoms with Crippen molar-refractivity contribution in [1.29, 1.82) is 0 Å². The van der Waals surface area contributed by atoms with Crippen LogP contribution in [0.2, 0.25) is 0 Å². The molecule has 0 saturated carbocycles. The Kier molecular flexibility index (Phi) is 7.08. The Morgan fingerprint density at radius 3 is 2.41 bits per heavy atom. The first-order valence-corrected chi connectivity index (χ1v) is 14.4. The number of hydrogen-bond acceptors (Lipinski definition) is 13. The third-order valence-electron chi connectivity index (χ3n) is 7.78. The fraction of sp³-hybridized carbons (Fsp3) is 0.652. The topological polar surface area (TPSA) is 223 Å². The van der Waals surface area contributed by atoms with E-state index in [0.717, 1.165) is 9.13 Å². The maximum Gasteiger partial charge on any atom is 0.475 e. The maximum atomic E-state index is 13.7. The van der Waals surface area contributed by atoms with Crippen molar-refractivity contribution in [3.8, 4) is 0 Å². The first kappa shape index (κ1) is 28.4. The van der Waals surface area contributed by atoms with Gasteiger partial charge in [0.15, 0.2) is 6.23 Å². The van der Waals surface area contributed by atoms with E-state index in [9.17, 15) is 34.0 Å². The smallest absolute Gasteiger partial charge is 0.393 e. The van der Waals surface area contributed by atoms with Crippen molar-refractivity contribution < 1.29 is 42.6 Å². The van der Waals surface area contributed by atoms with Crippen LogP contribution in [0.3, 0.4) is 0 Å². The number of aryl methyl sites for hydroxylation is 2. The number of phosphoric ester groups is 1. The number of fused-ring (bicyclic) bond motifs is 2. The zero-order valence-corrected chi connectivity index (χ0v) is 22.9. The van der Waals surface area contributed by atoms with Crippen molar-refractivity contribution in [2.75, 3.05) is 19.8 Å². The van der Waals surface area contributed by atoms with E-state index in [0.29, 0.717) is 0 Å². The minimum Gasteiger partial charge on any atom is -0.393 e. The summed E-state index contributed by atoms with van der Waals surface area (Å²) in [5.74, 6) is 0. The number of ether oxygens (including phenoxy) is 3. The molecular formula is C23H29N4O13P. The summed E-state index contributed by atoms with van der Waals surface area (Å²) in [6, 6.07) is 0. The van der Waals surface area contributed by atoms with E-state index in [-0.39, 0.29) is 37.2 Å². The van der Waals surface area contributed by atoms with Crippen molar-refractivity contribution in [2.24, 2.45) is 0 Å².